The van der Waals surface area contributed by atoms with Crippen LogP contribution in [0.5, 0.6) is 0 Å². The molecule has 238 valence electrons. The quantitative estimate of drug-likeness (QED) is 0.178. The topological polar surface area (TPSA) is 150 Å². The lowest BCUT2D eigenvalue weighted by Crippen LogP contribution is -2.56. The molecule has 2 amide bonds. The summed E-state index contributed by atoms with van der Waals surface area (Å²) in [5, 5.41) is 19.3. The fourth-order valence-electron chi connectivity index (χ4n) is 4.55. The van der Waals surface area contributed by atoms with Crippen LogP contribution in [0, 0.1) is 11.6 Å². The van der Waals surface area contributed by atoms with Gasteiger partial charge in [-0.15, -0.1) is 0 Å². The molecule has 0 fully saturated rings. The van der Waals surface area contributed by atoms with Gasteiger partial charge >= 0.3 is 0 Å². The minimum atomic E-state index is -3.78. The molecule has 44 heavy (non-hydrogen) atoms. The third-order valence-electron chi connectivity index (χ3n) is 6.90. The molecule has 0 bridgehead atoms. The van der Waals surface area contributed by atoms with E-state index in [0.29, 0.717) is 25.5 Å². The number of unbranched alkanes of at least 4 members (excludes halogenated alkanes) is 1. The average Bonchev–Trinajstić information content (AvgIpc) is 2.99. The van der Waals surface area contributed by atoms with E-state index in [1.54, 1.807) is 0 Å². The summed E-state index contributed by atoms with van der Waals surface area (Å²) in [6.45, 7) is 4.26. The lowest BCUT2D eigenvalue weighted by atomic mass is 10.00. The van der Waals surface area contributed by atoms with E-state index in [0.717, 1.165) is 29.7 Å². The van der Waals surface area contributed by atoms with Gasteiger partial charge in [-0.3, -0.25) is 14.6 Å². The maximum absolute atomic E-state index is 14.0. The van der Waals surface area contributed by atoms with Gasteiger partial charge in [0.1, 0.15) is 23.4 Å². The molecule has 0 spiro atoms. The minimum Gasteiger partial charge on any atom is -0.390 e. The van der Waals surface area contributed by atoms with Crippen molar-refractivity contribution in [2.75, 3.05) is 18.1 Å². The molecular formula is C31H39F2N5O5S. The Morgan fingerprint density at radius 1 is 0.977 bits per heavy atom. The molecule has 0 saturated carbocycles. The van der Waals surface area contributed by atoms with Crippen molar-refractivity contribution < 1.29 is 31.9 Å². The van der Waals surface area contributed by atoms with E-state index in [9.17, 15) is 31.9 Å². The smallest absolute Gasteiger partial charge is 0.272 e. The number of hydrogen-bond donors (Lipinski definition) is 4. The Hall–Kier alpha value is -3.81. The van der Waals surface area contributed by atoms with E-state index in [1.165, 1.54) is 18.6 Å². The summed E-state index contributed by atoms with van der Waals surface area (Å²) >= 11 is 0. The van der Waals surface area contributed by atoms with Gasteiger partial charge in [0.15, 0.2) is 9.84 Å². The number of amides is 2. The van der Waals surface area contributed by atoms with Crippen molar-refractivity contribution in [3.63, 3.8) is 0 Å². The molecule has 0 aliphatic rings. The predicted molar refractivity (Wildman–Crippen MR) is 162 cm³/mol. The third kappa shape index (κ3) is 11.4. The van der Waals surface area contributed by atoms with E-state index in [1.807, 2.05) is 38.1 Å². The Bertz CT molecular complexity index is 1470. The zero-order chi connectivity index (χ0) is 32.1. The van der Waals surface area contributed by atoms with E-state index in [2.05, 4.69) is 25.9 Å². The van der Waals surface area contributed by atoms with Gasteiger partial charge in [-0.1, -0.05) is 44.5 Å². The molecule has 0 aliphatic heterocycles. The normalized spacial score (nSPS) is 13.6. The number of aromatic nitrogens is 2. The molecule has 0 saturated heterocycles. The molecule has 0 aliphatic carbocycles. The summed E-state index contributed by atoms with van der Waals surface area (Å²) in [6, 6.07) is 8.11. The maximum Gasteiger partial charge on any atom is 0.272 e. The van der Waals surface area contributed by atoms with Crippen molar-refractivity contribution in [2.45, 2.75) is 64.3 Å². The minimum absolute atomic E-state index is 0.00940. The molecule has 3 atom stereocenters. The van der Waals surface area contributed by atoms with Gasteiger partial charge in [-0.25, -0.2) is 22.2 Å². The number of aliphatic hydroxyl groups is 1. The summed E-state index contributed by atoms with van der Waals surface area (Å²) in [4.78, 5) is 34.1. The molecular weight excluding hydrogens is 592 g/mol. The highest BCUT2D eigenvalue weighted by molar-refractivity contribution is 7.91. The summed E-state index contributed by atoms with van der Waals surface area (Å²) in [5.41, 5.74) is 2.16. The zero-order valence-electron chi connectivity index (χ0n) is 24.8. The van der Waals surface area contributed by atoms with Gasteiger partial charge in [0, 0.05) is 31.5 Å². The third-order valence-corrected chi connectivity index (χ3v) is 8.65. The summed E-state index contributed by atoms with van der Waals surface area (Å²) < 4.78 is 53.6. The van der Waals surface area contributed by atoms with Crippen LogP contribution in [0.3, 0.4) is 0 Å². The Labute approximate surface area is 256 Å². The molecule has 1 heterocycles. The number of halogens is 2. The van der Waals surface area contributed by atoms with Crippen LogP contribution in [-0.4, -0.2) is 71.5 Å². The van der Waals surface area contributed by atoms with E-state index in [-0.39, 0.29) is 30.0 Å². The Morgan fingerprint density at radius 2 is 1.70 bits per heavy atom. The van der Waals surface area contributed by atoms with E-state index < -0.39 is 57.2 Å². The number of sulfone groups is 1. The second kappa shape index (κ2) is 16.9. The largest absolute Gasteiger partial charge is 0.390 e. The zero-order valence-corrected chi connectivity index (χ0v) is 25.6. The van der Waals surface area contributed by atoms with Gasteiger partial charge < -0.3 is 21.1 Å². The van der Waals surface area contributed by atoms with Crippen LogP contribution < -0.4 is 16.0 Å². The first-order valence-corrected chi connectivity index (χ1v) is 16.3. The Kier molecular flexibility index (Phi) is 13.3. The van der Waals surface area contributed by atoms with Crippen molar-refractivity contribution in [3.05, 3.63) is 95.1 Å². The van der Waals surface area contributed by atoms with Gasteiger partial charge in [0.2, 0.25) is 5.91 Å². The molecule has 1 aromatic heterocycles. The van der Waals surface area contributed by atoms with Gasteiger partial charge in [-0.05, 0) is 48.1 Å². The number of rotatable bonds is 17. The van der Waals surface area contributed by atoms with Crippen LogP contribution in [0.1, 0.15) is 53.9 Å². The predicted octanol–water partition coefficient (Wildman–Crippen LogP) is 2.51. The number of carbonyl (C=O) groups excluding carboxylic acids is 2. The van der Waals surface area contributed by atoms with Crippen molar-refractivity contribution in [1.82, 2.24) is 25.9 Å². The Morgan fingerprint density at radius 3 is 2.36 bits per heavy atom. The number of carbonyl (C=O) groups is 2. The molecule has 2 aromatic carbocycles. The molecule has 4 N–H and O–H groups in total. The molecule has 3 aromatic rings. The number of hydrogen-bond acceptors (Lipinski definition) is 8. The number of nitrogens with zero attached hydrogens (tertiary/aromatic N) is 2. The first-order chi connectivity index (χ1) is 21.0. The van der Waals surface area contributed by atoms with E-state index >= 15 is 0 Å². The maximum atomic E-state index is 14.0. The van der Waals surface area contributed by atoms with Crippen LogP contribution in [0.15, 0.2) is 61.1 Å². The number of aryl methyl sites for hydroxylation is 1. The molecule has 3 rings (SSSR count). The average molecular weight is 632 g/mol. The van der Waals surface area contributed by atoms with Crippen molar-refractivity contribution >= 4 is 21.7 Å². The fourth-order valence-corrected chi connectivity index (χ4v) is 6.19. The van der Waals surface area contributed by atoms with Gasteiger partial charge in [-0.2, -0.15) is 0 Å². The molecule has 0 radical (unpaired) electrons. The summed E-state index contributed by atoms with van der Waals surface area (Å²) in [5.74, 6) is -4.25. The molecule has 0 unspecified atom stereocenters. The van der Waals surface area contributed by atoms with Crippen LogP contribution in [-0.2, 0) is 34.0 Å². The number of aliphatic hydroxyl groups excluding tert-OH is 1. The lowest BCUT2D eigenvalue weighted by Gasteiger charge is -2.27. The monoisotopic (exact) mass is 631 g/mol. The first-order valence-electron chi connectivity index (χ1n) is 14.5. The second-order valence-electron chi connectivity index (χ2n) is 10.6. The second-order valence-corrected chi connectivity index (χ2v) is 12.8. The van der Waals surface area contributed by atoms with Crippen molar-refractivity contribution in [2.24, 2.45) is 0 Å². The summed E-state index contributed by atoms with van der Waals surface area (Å²) in [7, 11) is -3.78. The van der Waals surface area contributed by atoms with E-state index in [4.69, 9.17) is 0 Å². The highest BCUT2D eigenvalue weighted by atomic mass is 32.2. The van der Waals surface area contributed by atoms with Crippen molar-refractivity contribution in [1.29, 1.82) is 0 Å². The number of nitrogens with one attached hydrogen (secondary N) is 3. The highest BCUT2D eigenvalue weighted by Gasteiger charge is 2.31. The lowest BCUT2D eigenvalue weighted by molar-refractivity contribution is -0.124. The molecule has 10 nitrogen and oxygen atoms in total. The van der Waals surface area contributed by atoms with Gasteiger partial charge in [0.25, 0.3) is 5.91 Å². The standard InChI is InChI=1S/C31H39F2N5O5S/c1-3-5-11-44(42,43)20-28(38-30(40)27-18-34-9-10-36-27)31(41)37-26(15-23-13-24(32)16-25(33)14-23)29(39)19-35-17-22-8-6-7-21(4-2)12-22/h6-10,12-14,16,18,26,28-29,35,39H,3-5,11,15,17,19-20H2,1-2H3,(H,37,41)(H,38,40)/t26-,28+,29+/m0/s1. The highest BCUT2D eigenvalue weighted by Crippen LogP contribution is 2.13. The molecule has 13 heteroatoms. The SMILES string of the molecule is CCCCS(=O)(=O)C[C@@H](NC(=O)c1cnccn1)C(=O)N[C@@H](Cc1cc(F)cc(F)c1)[C@H](O)CNCc1cccc(CC)c1. The fraction of sp³-hybridized carbons (Fsp3) is 0.419. The van der Waals surface area contributed by atoms with Crippen molar-refractivity contribution in [3.8, 4) is 0 Å². The first kappa shape index (κ1) is 34.7. The summed E-state index contributed by atoms with van der Waals surface area (Å²) in [6.07, 6.45) is 4.20. The Balaban J connectivity index is 1.82. The van der Waals surface area contributed by atoms with Crippen LogP contribution in [0.2, 0.25) is 0 Å². The van der Waals surface area contributed by atoms with Crippen LogP contribution in [0.4, 0.5) is 8.78 Å². The van der Waals surface area contributed by atoms with Gasteiger partial charge in [0.05, 0.1) is 29.8 Å². The van der Waals surface area contributed by atoms with Crippen LogP contribution >= 0.6 is 0 Å². The number of benzene rings is 2. The van der Waals surface area contributed by atoms with Crippen LogP contribution in [0.25, 0.3) is 0 Å².